The van der Waals surface area contributed by atoms with Crippen molar-refractivity contribution >= 4 is 15.9 Å². The van der Waals surface area contributed by atoms with E-state index < -0.39 is 0 Å². The maximum Gasteiger partial charge on any atom is 0.127 e. The second-order valence-corrected chi connectivity index (χ2v) is 4.61. The highest BCUT2D eigenvalue weighted by Crippen LogP contribution is 2.18. The Bertz CT molecular complexity index is 527. The molecule has 0 saturated heterocycles. The van der Waals surface area contributed by atoms with E-state index in [1.54, 1.807) is 10.9 Å². The number of ether oxygens (including phenoxy) is 1. The van der Waals surface area contributed by atoms with Gasteiger partial charge in [0.15, 0.2) is 0 Å². The minimum atomic E-state index is -0.275. The van der Waals surface area contributed by atoms with Crippen LogP contribution in [0.1, 0.15) is 11.1 Å². The van der Waals surface area contributed by atoms with E-state index in [0.717, 1.165) is 17.5 Å². The zero-order valence-corrected chi connectivity index (χ0v) is 11.7. The summed E-state index contributed by atoms with van der Waals surface area (Å²) in [5, 5.41) is 4.69. The van der Waals surface area contributed by atoms with E-state index in [-0.39, 0.29) is 5.82 Å². The van der Waals surface area contributed by atoms with Crippen LogP contribution in [-0.4, -0.2) is 16.4 Å². The molecule has 1 aromatic carbocycles. The molecule has 0 spiro atoms. The lowest BCUT2D eigenvalue weighted by atomic mass is 10.2. The number of hydrogen-bond donors (Lipinski definition) is 0. The molecule has 0 saturated carbocycles. The van der Waals surface area contributed by atoms with Gasteiger partial charge in [-0.15, -0.1) is 0 Å². The monoisotopic (exact) mass is 312 g/mol. The number of benzene rings is 1. The molecule has 0 fully saturated rings. The number of rotatable bonds is 5. The lowest BCUT2D eigenvalue weighted by molar-refractivity contribution is 0.320. The van der Waals surface area contributed by atoms with Crippen molar-refractivity contribution in [1.29, 1.82) is 0 Å². The molecule has 96 valence electrons. The molecule has 0 amide bonds. The predicted molar refractivity (Wildman–Crippen MR) is 71.4 cm³/mol. The Morgan fingerprint density at radius 3 is 2.83 bits per heavy atom. The van der Waals surface area contributed by atoms with Crippen LogP contribution < -0.4 is 4.74 Å². The highest BCUT2D eigenvalue weighted by molar-refractivity contribution is 9.08. The Hall–Kier alpha value is -1.36. The molecule has 0 aliphatic carbocycles. The summed E-state index contributed by atoms with van der Waals surface area (Å²) >= 11 is 3.30. The van der Waals surface area contributed by atoms with E-state index >= 15 is 0 Å². The minimum absolute atomic E-state index is 0.275. The standard InChI is InChI=1S/C13H14BrFN2O/c1-17-9-10(8-16-17)2-3-18-13-5-11(7-14)4-12(15)6-13/h4-6,8-9H,2-3,7H2,1H3. The summed E-state index contributed by atoms with van der Waals surface area (Å²) in [5.74, 6) is 0.289. The molecule has 2 rings (SSSR count). The van der Waals surface area contributed by atoms with Gasteiger partial charge in [0.2, 0.25) is 0 Å². The van der Waals surface area contributed by atoms with Gasteiger partial charge in [-0.25, -0.2) is 4.39 Å². The van der Waals surface area contributed by atoms with Gasteiger partial charge in [-0.3, -0.25) is 4.68 Å². The van der Waals surface area contributed by atoms with Crippen LogP contribution in [0.25, 0.3) is 0 Å². The fourth-order valence-electron chi connectivity index (χ4n) is 1.67. The van der Waals surface area contributed by atoms with Gasteiger partial charge < -0.3 is 4.74 Å². The van der Waals surface area contributed by atoms with Crippen molar-refractivity contribution in [2.24, 2.45) is 7.05 Å². The van der Waals surface area contributed by atoms with Gasteiger partial charge in [-0.2, -0.15) is 5.10 Å². The summed E-state index contributed by atoms with van der Waals surface area (Å²) in [7, 11) is 1.87. The number of aromatic nitrogens is 2. The average Bonchev–Trinajstić information content (AvgIpc) is 2.74. The Labute approximate surface area is 114 Å². The minimum Gasteiger partial charge on any atom is -0.493 e. The van der Waals surface area contributed by atoms with Gasteiger partial charge in [0, 0.05) is 31.1 Å². The molecule has 0 atom stereocenters. The fourth-order valence-corrected chi connectivity index (χ4v) is 1.99. The summed E-state index contributed by atoms with van der Waals surface area (Å²) < 4.78 is 20.5. The zero-order valence-electron chi connectivity index (χ0n) is 10.1. The molecule has 3 nitrogen and oxygen atoms in total. The summed E-state index contributed by atoms with van der Waals surface area (Å²) in [6.07, 6.45) is 4.51. The summed E-state index contributed by atoms with van der Waals surface area (Å²) in [4.78, 5) is 0. The van der Waals surface area contributed by atoms with Crippen LogP contribution in [0.2, 0.25) is 0 Å². The molecule has 1 heterocycles. The van der Waals surface area contributed by atoms with Crippen LogP contribution in [0.5, 0.6) is 5.75 Å². The molecular formula is C13H14BrFN2O. The fraction of sp³-hybridized carbons (Fsp3) is 0.308. The maximum absolute atomic E-state index is 13.3. The van der Waals surface area contributed by atoms with Crippen molar-refractivity contribution < 1.29 is 9.13 Å². The lowest BCUT2D eigenvalue weighted by Gasteiger charge is -2.07. The zero-order chi connectivity index (χ0) is 13.0. The first-order valence-electron chi connectivity index (χ1n) is 5.63. The molecule has 0 radical (unpaired) electrons. The van der Waals surface area contributed by atoms with E-state index in [4.69, 9.17) is 4.74 Å². The van der Waals surface area contributed by atoms with Gasteiger partial charge in [0.05, 0.1) is 12.8 Å². The number of aryl methyl sites for hydroxylation is 1. The highest BCUT2D eigenvalue weighted by atomic mass is 79.9. The van der Waals surface area contributed by atoms with Gasteiger partial charge in [0.1, 0.15) is 11.6 Å². The third kappa shape index (κ3) is 3.57. The molecule has 0 N–H and O–H groups in total. The molecule has 0 unspecified atom stereocenters. The number of alkyl halides is 1. The van der Waals surface area contributed by atoms with Crippen LogP contribution >= 0.6 is 15.9 Å². The first kappa shape index (κ1) is 13.1. The smallest absolute Gasteiger partial charge is 0.127 e. The molecule has 18 heavy (non-hydrogen) atoms. The van der Waals surface area contributed by atoms with Crippen molar-refractivity contribution in [3.05, 3.63) is 47.5 Å². The molecule has 1 aromatic heterocycles. The summed E-state index contributed by atoms with van der Waals surface area (Å²) in [5.41, 5.74) is 1.97. The Kier molecular flexibility index (Phi) is 4.36. The van der Waals surface area contributed by atoms with E-state index in [2.05, 4.69) is 21.0 Å². The quantitative estimate of drug-likeness (QED) is 0.793. The van der Waals surface area contributed by atoms with Gasteiger partial charge in [-0.05, 0) is 23.3 Å². The van der Waals surface area contributed by atoms with Crippen LogP contribution in [0, 0.1) is 5.82 Å². The van der Waals surface area contributed by atoms with Crippen molar-refractivity contribution in [3.63, 3.8) is 0 Å². The highest BCUT2D eigenvalue weighted by Gasteiger charge is 2.02. The van der Waals surface area contributed by atoms with Crippen LogP contribution in [0.4, 0.5) is 4.39 Å². The number of nitrogens with zero attached hydrogens (tertiary/aromatic N) is 2. The first-order valence-corrected chi connectivity index (χ1v) is 6.75. The molecule has 5 heteroatoms. The van der Waals surface area contributed by atoms with E-state index in [9.17, 15) is 4.39 Å². The second-order valence-electron chi connectivity index (χ2n) is 4.05. The van der Waals surface area contributed by atoms with E-state index in [1.807, 2.05) is 19.3 Å². The topological polar surface area (TPSA) is 27.1 Å². The van der Waals surface area contributed by atoms with Crippen LogP contribution in [-0.2, 0) is 18.8 Å². The Balaban J connectivity index is 1.91. The molecule has 0 bridgehead atoms. The lowest BCUT2D eigenvalue weighted by Crippen LogP contribution is -2.01. The van der Waals surface area contributed by atoms with Gasteiger partial charge in [-0.1, -0.05) is 15.9 Å². The van der Waals surface area contributed by atoms with Gasteiger partial charge in [0.25, 0.3) is 0 Å². The number of halogens is 2. The summed E-state index contributed by atoms with van der Waals surface area (Å²) in [6.45, 7) is 0.511. The van der Waals surface area contributed by atoms with E-state index in [0.29, 0.717) is 17.7 Å². The average molecular weight is 313 g/mol. The molecule has 0 aliphatic heterocycles. The Morgan fingerprint density at radius 1 is 1.33 bits per heavy atom. The maximum atomic E-state index is 13.3. The first-order chi connectivity index (χ1) is 8.67. The van der Waals surface area contributed by atoms with E-state index in [1.165, 1.54) is 12.1 Å². The Morgan fingerprint density at radius 2 is 2.17 bits per heavy atom. The molecular weight excluding hydrogens is 299 g/mol. The van der Waals surface area contributed by atoms with Crippen molar-refractivity contribution in [1.82, 2.24) is 9.78 Å². The predicted octanol–water partition coefficient (Wildman–Crippen LogP) is 3.08. The molecule has 0 aliphatic rings. The SMILES string of the molecule is Cn1cc(CCOc2cc(F)cc(CBr)c2)cn1. The van der Waals surface area contributed by atoms with Crippen molar-refractivity contribution in [3.8, 4) is 5.75 Å². The second kappa shape index (κ2) is 6.00. The van der Waals surface area contributed by atoms with Gasteiger partial charge >= 0.3 is 0 Å². The van der Waals surface area contributed by atoms with Crippen LogP contribution in [0.3, 0.4) is 0 Å². The summed E-state index contributed by atoms with van der Waals surface area (Å²) in [6, 6.07) is 4.72. The van der Waals surface area contributed by atoms with Crippen molar-refractivity contribution in [2.75, 3.05) is 6.61 Å². The normalized spacial score (nSPS) is 10.6. The van der Waals surface area contributed by atoms with Crippen LogP contribution in [0.15, 0.2) is 30.6 Å². The molecule has 2 aromatic rings. The third-order valence-corrected chi connectivity index (χ3v) is 3.15. The number of hydrogen-bond acceptors (Lipinski definition) is 2. The van der Waals surface area contributed by atoms with Crippen molar-refractivity contribution in [2.45, 2.75) is 11.8 Å². The largest absolute Gasteiger partial charge is 0.493 e. The third-order valence-electron chi connectivity index (χ3n) is 2.50.